The van der Waals surface area contributed by atoms with Gasteiger partial charge in [0.2, 0.25) is 0 Å². The van der Waals surface area contributed by atoms with E-state index in [2.05, 4.69) is 17.2 Å². The van der Waals surface area contributed by atoms with Crippen LogP contribution in [0.4, 0.5) is 5.82 Å². The van der Waals surface area contributed by atoms with Gasteiger partial charge in [-0.25, -0.2) is 4.98 Å². The van der Waals surface area contributed by atoms with E-state index in [0.29, 0.717) is 27.2 Å². The minimum Gasteiger partial charge on any atom is -0.387 e. The van der Waals surface area contributed by atoms with Crippen molar-refractivity contribution >= 4 is 51.7 Å². The summed E-state index contributed by atoms with van der Waals surface area (Å²) in [5.41, 5.74) is 2.05. The van der Waals surface area contributed by atoms with Crippen LogP contribution < -0.4 is 10.9 Å². The summed E-state index contributed by atoms with van der Waals surface area (Å²) in [6.45, 7) is 4.64. The van der Waals surface area contributed by atoms with Gasteiger partial charge in [0.1, 0.15) is 15.8 Å². The molecule has 1 atom stereocenters. The maximum Gasteiger partial charge on any atom is 0.267 e. The van der Waals surface area contributed by atoms with Crippen molar-refractivity contribution in [2.24, 2.45) is 0 Å². The molecule has 1 aliphatic heterocycles. The average Bonchev–Trinajstić information content (AvgIpc) is 3.11. The SMILES string of the molecule is CCCCN1C(=O)/C(=C/c2c(NC[C@H](O)c3ccccc3)nc3c(C)cccn3c2=O)SC1=S. The number of pyridine rings is 1. The monoisotopic (exact) mass is 494 g/mol. The van der Waals surface area contributed by atoms with Gasteiger partial charge in [0.15, 0.2) is 0 Å². The van der Waals surface area contributed by atoms with Gasteiger partial charge in [-0.1, -0.05) is 73.7 Å². The largest absolute Gasteiger partial charge is 0.387 e. The Hall–Kier alpha value is -3.01. The second-order valence-electron chi connectivity index (χ2n) is 8.06. The zero-order valence-electron chi connectivity index (χ0n) is 19.0. The maximum atomic E-state index is 13.5. The molecule has 1 fully saturated rings. The predicted molar refractivity (Wildman–Crippen MR) is 141 cm³/mol. The van der Waals surface area contributed by atoms with Crippen LogP contribution in [0.3, 0.4) is 0 Å². The summed E-state index contributed by atoms with van der Waals surface area (Å²) in [6, 6.07) is 12.9. The minimum absolute atomic E-state index is 0.150. The Morgan fingerprint density at radius 3 is 2.71 bits per heavy atom. The zero-order valence-corrected chi connectivity index (χ0v) is 20.7. The van der Waals surface area contributed by atoms with Crippen LogP contribution in [0.15, 0.2) is 58.4 Å². The molecule has 9 heteroatoms. The highest BCUT2D eigenvalue weighted by Crippen LogP contribution is 2.33. The lowest BCUT2D eigenvalue weighted by atomic mass is 10.1. The Balaban J connectivity index is 1.74. The van der Waals surface area contributed by atoms with Crippen LogP contribution in [0, 0.1) is 6.92 Å². The van der Waals surface area contributed by atoms with Crippen LogP contribution in [0.25, 0.3) is 11.7 Å². The Labute approximate surface area is 207 Å². The van der Waals surface area contributed by atoms with Crippen LogP contribution in [0.1, 0.15) is 42.6 Å². The number of unbranched alkanes of at least 4 members (excludes halogenated alkanes) is 1. The second kappa shape index (κ2) is 10.5. The Bertz CT molecular complexity index is 1320. The fourth-order valence-corrected chi connectivity index (χ4v) is 4.99. The smallest absolute Gasteiger partial charge is 0.267 e. The molecule has 1 saturated heterocycles. The number of hydrogen-bond acceptors (Lipinski definition) is 7. The first-order valence-electron chi connectivity index (χ1n) is 11.1. The Kier molecular flexibility index (Phi) is 7.45. The third-order valence-electron chi connectivity index (χ3n) is 5.62. The van der Waals surface area contributed by atoms with Gasteiger partial charge in [-0.05, 0) is 36.6 Å². The van der Waals surface area contributed by atoms with Crippen LogP contribution >= 0.6 is 24.0 Å². The van der Waals surface area contributed by atoms with Crippen molar-refractivity contribution in [3.8, 4) is 0 Å². The number of nitrogens with zero attached hydrogens (tertiary/aromatic N) is 3. The van der Waals surface area contributed by atoms with Gasteiger partial charge in [0.25, 0.3) is 11.5 Å². The summed E-state index contributed by atoms with van der Waals surface area (Å²) in [5.74, 6) is 0.112. The van der Waals surface area contributed by atoms with Crippen LogP contribution in [0.5, 0.6) is 0 Å². The maximum absolute atomic E-state index is 13.5. The predicted octanol–water partition coefficient (Wildman–Crippen LogP) is 4.15. The number of carbonyl (C=O) groups is 1. The van der Waals surface area contributed by atoms with E-state index in [0.717, 1.165) is 24.0 Å². The molecule has 0 aliphatic carbocycles. The van der Waals surface area contributed by atoms with Crippen LogP contribution in [-0.4, -0.2) is 42.7 Å². The van der Waals surface area contributed by atoms with Gasteiger partial charge >= 0.3 is 0 Å². The number of thiocarbonyl (C=S) groups is 1. The van der Waals surface area contributed by atoms with E-state index < -0.39 is 6.10 Å². The number of thioether (sulfide) groups is 1. The quantitative estimate of drug-likeness (QED) is 0.359. The molecular formula is C25H26N4O3S2. The number of rotatable bonds is 8. The Morgan fingerprint density at radius 2 is 1.97 bits per heavy atom. The van der Waals surface area contributed by atoms with Gasteiger partial charge < -0.3 is 10.4 Å². The molecule has 4 rings (SSSR count). The standard InChI is InChI=1S/C25H26N4O3S2/c1-3-4-12-29-24(32)20(34-25(29)33)14-18-21(26-15-19(30)17-10-6-5-7-11-17)27-22-16(2)9-8-13-28(22)23(18)31/h5-11,13-14,19,26,30H,3-4,12,15H2,1-2H3/b20-14-/t19-/m0/s1. The van der Waals surface area contributed by atoms with Crippen molar-refractivity contribution in [3.63, 3.8) is 0 Å². The molecule has 0 radical (unpaired) electrons. The fourth-order valence-electron chi connectivity index (χ4n) is 3.70. The highest BCUT2D eigenvalue weighted by Gasteiger charge is 2.32. The van der Waals surface area contributed by atoms with E-state index in [1.54, 1.807) is 23.2 Å². The van der Waals surface area contributed by atoms with Crippen molar-refractivity contribution < 1.29 is 9.90 Å². The molecule has 1 amide bonds. The third-order valence-corrected chi connectivity index (χ3v) is 6.99. The van der Waals surface area contributed by atoms with E-state index in [-0.39, 0.29) is 23.6 Å². The molecule has 7 nitrogen and oxygen atoms in total. The number of aliphatic hydroxyl groups excluding tert-OH is 1. The zero-order chi connectivity index (χ0) is 24.2. The number of aryl methyl sites for hydroxylation is 1. The van der Waals surface area contributed by atoms with Crippen molar-refractivity contribution in [2.45, 2.75) is 32.8 Å². The molecule has 34 heavy (non-hydrogen) atoms. The third kappa shape index (κ3) is 4.91. The number of hydrogen-bond donors (Lipinski definition) is 2. The number of anilines is 1. The summed E-state index contributed by atoms with van der Waals surface area (Å²) in [6.07, 6.45) is 4.22. The van der Waals surface area contributed by atoms with E-state index in [1.165, 1.54) is 16.2 Å². The second-order valence-corrected chi connectivity index (χ2v) is 9.73. The summed E-state index contributed by atoms with van der Waals surface area (Å²) in [5, 5.41) is 13.7. The first-order chi connectivity index (χ1) is 16.4. The van der Waals surface area contributed by atoms with E-state index in [4.69, 9.17) is 12.2 Å². The van der Waals surface area contributed by atoms with Crippen molar-refractivity contribution in [1.82, 2.24) is 14.3 Å². The summed E-state index contributed by atoms with van der Waals surface area (Å²) < 4.78 is 1.96. The van der Waals surface area contributed by atoms with Crippen LogP contribution in [-0.2, 0) is 4.79 Å². The fraction of sp³-hybridized carbons (Fsp3) is 0.280. The first kappa shape index (κ1) is 24.1. The average molecular weight is 495 g/mol. The summed E-state index contributed by atoms with van der Waals surface area (Å²) in [7, 11) is 0. The van der Waals surface area contributed by atoms with E-state index in [9.17, 15) is 14.7 Å². The minimum atomic E-state index is -0.793. The van der Waals surface area contributed by atoms with Gasteiger partial charge in [-0.15, -0.1) is 0 Å². The molecule has 0 saturated carbocycles. The number of fused-ring (bicyclic) bond motifs is 1. The summed E-state index contributed by atoms with van der Waals surface area (Å²) >= 11 is 6.59. The lowest BCUT2D eigenvalue weighted by molar-refractivity contribution is -0.122. The molecule has 176 valence electrons. The molecule has 3 heterocycles. The van der Waals surface area contributed by atoms with Crippen LogP contribution in [0.2, 0.25) is 0 Å². The van der Waals surface area contributed by atoms with Gasteiger partial charge in [0, 0.05) is 19.3 Å². The molecule has 2 aromatic heterocycles. The Morgan fingerprint density at radius 1 is 1.21 bits per heavy atom. The molecule has 1 aliphatic rings. The normalized spacial score (nSPS) is 16.0. The molecular weight excluding hydrogens is 468 g/mol. The lowest BCUT2D eigenvalue weighted by Gasteiger charge is -2.15. The van der Waals surface area contributed by atoms with Crippen molar-refractivity contribution in [1.29, 1.82) is 0 Å². The lowest BCUT2D eigenvalue weighted by Crippen LogP contribution is -2.29. The van der Waals surface area contributed by atoms with Gasteiger partial charge in [-0.3, -0.25) is 18.9 Å². The molecule has 0 bridgehead atoms. The topological polar surface area (TPSA) is 86.9 Å². The van der Waals surface area contributed by atoms with E-state index in [1.807, 2.05) is 43.3 Å². The molecule has 0 unspecified atom stereocenters. The molecule has 3 aromatic rings. The molecule has 2 N–H and O–H groups in total. The number of amides is 1. The molecule has 0 spiro atoms. The molecule has 1 aromatic carbocycles. The van der Waals surface area contributed by atoms with Gasteiger partial charge in [0.05, 0.1) is 16.6 Å². The highest BCUT2D eigenvalue weighted by atomic mass is 32.2. The summed E-state index contributed by atoms with van der Waals surface area (Å²) in [4.78, 5) is 33.1. The first-order valence-corrected chi connectivity index (χ1v) is 12.4. The van der Waals surface area contributed by atoms with Gasteiger partial charge in [-0.2, -0.15) is 0 Å². The van der Waals surface area contributed by atoms with Crippen molar-refractivity contribution in [2.75, 3.05) is 18.4 Å². The highest BCUT2D eigenvalue weighted by molar-refractivity contribution is 8.26. The van der Waals surface area contributed by atoms with E-state index >= 15 is 0 Å². The number of nitrogens with one attached hydrogen (secondary N) is 1. The number of aliphatic hydroxyl groups is 1. The number of benzene rings is 1. The number of carbonyl (C=O) groups excluding carboxylic acids is 1. The van der Waals surface area contributed by atoms with Crippen molar-refractivity contribution in [3.05, 3.63) is 80.6 Å². The number of aromatic nitrogens is 2.